The maximum atomic E-state index is 5.63. The molecule has 0 aromatic carbocycles. The molecule has 116 valence electrons. The first-order valence-electron chi connectivity index (χ1n) is 7.54. The number of rotatable bonds is 4. The van der Waals surface area contributed by atoms with Gasteiger partial charge in [0.05, 0.1) is 11.8 Å². The lowest BCUT2D eigenvalue weighted by Gasteiger charge is -2.27. The summed E-state index contributed by atoms with van der Waals surface area (Å²) in [5.74, 6) is 1.03. The number of hydrogen-bond acceptors (Lipinski definition) is 6. The molecule has 1 aliphatic rings. The summed E-state index contributed by atoms with van der Waals surface area (Å²) in [6, 6.07) is 4.00. The molecule has 22 heavy (non-hydrogen) atoms. The second kappa shape index (κ2) is 6.27. The number of nitrogens with two attached hydrogens (primary N) is 1. The van der Waals surface area contributed by atoms with Gasteiger partial charge < -0.3 is 10.5 Å². The van der Waals surface area contributed by atoms with Gasteiger partial charge in [0, 0.05) is 50.1 Å². The van der Waals surface area contributed by atoms with Crippen molar-refractivity contribution in [2.24, 2.45) is 0 Å². The molecule has 0 amide bonds. The first-order valence-corrected chi connectivity index (χ1v) is 7.54. The van der Waals surface area contributed by atoms with Crippen molar-refractivity contribution in [1.29, 1.82) is 0 Å². The number of nitrogens with zero attached hydrogens (tertiary/aromatic N) is 4. The third kappa shape index (κ3) is 3.51. The average molecular weight is 299 g/mol. The summed E-state index contributed by atoms with van der Waals surface area (Å²) in [6.45, 7) is 6.66. The Bertz CT molecular complexity index is 641. The number of hydrogen-bond donors (Lipinski definition) is 1. The van der Waals surface area contributed by atoms with Gasteiger partial charge in [0.15, 0.2) is 0 Å². The van der Waals surface area contributed by atoms with Gasteiger partial charge in [-0.25, -0.2) is 15.0 Å². The molecule has 6 nitrogen and oxygen atoms in total. The second-order valence-electron chi connectivity index (χ2n) is 5.83. The number of fused-ring (bicyclic) bond motifs is 1. The van der Waals surface area contributed by atoms with Gasteiger partial charge in [-0.15, -0.1) is 0 Å². The highest BCUT2D eigenvalue weighted by molar-refractivity contribution is 5.27. The lowest BCUT2D eigenvalue weighted by atomic mass is 10.1. The maximum Gasteiger partial charge on any atom is 0.220 e. The SMILES string of the molecule is CC(C)Oc1ccc(CN2CCc3nc(N)ncc3C2)cn1. The van der Waals surface area contributed by atoms with Crippen molar-refractivity contribution in [3.05, 3.63) is 41.3 Å². The highest BCUT2D eigenvalue weighted by atomic mass is 16.5. The minimum atomic E-state index is 0.143. The second-order valence-corrected chi connectivity index (χ2v) is 5.83. The van der Waals surface area contributed by atoms with Gasteiger partial charge in [0.1, 0.15) is 0 Å². The van der Waals surface area contributed by atoms with Crippen LogP contribution in [0.3, 0.4) is 0 Å². The fourth-order valence-corrected chi connectivity index (χ4v) is 2.60. The third-order valence-electron chi connectivity index (χ3n) is 3.59. The molecule has 0 atom stereocenters. The van der Waals surface area contributed by atoms with Crippen LogP contribution in [0.2, 0.25) is 0 Å². The predicted octanol–water partition coefficient (Wildman–Crippen LogP) is 1.80. The molecule has 0 bridgehead atoms. The molecule has 3 heterocycles. The molecule has 6 heteroatoms. The topological polar surface area (TPSA) is 77.2 Å². The van der Waals surface area contributed by atoms with Crippen LogP contribution in [0.15, 0.2) is 24.5 Å². The molecule has 0 fully saturated rings. The molecule has 2 N–H and O–H groups in total. The Morgan fingerprint density at radius 2 is 2.14 bits per heavy atom. The van der Waals surface area contributed by atoms with E-state index >= 15 is 0 Å². The van der Waals surface area contributed by atoms with Crippen LogP contribution >= 0.6 is 0 Å². The molecule has 0 saturated heterocycles. The third-order valence-corrected chi connectivity index (χ3v) is 3.59. The number of pyridine rings is 1. The van der Waals surface area contributed by atoms with Gasteiger partial charge >= 0.3 is 0 Å². The molecule has 0 spiro atoms. The maximum absolute atomic E-state index is 5.63. The van der Waals surface area contributed by atoms with E-state index in [1.807, 2.05) is 32.3 Å². The highest BCUT2D eigenvalue weighted by Crippen LogP contribution is 2.19. The summed E-state index contributed by atoms with van der Waals surface area (Å²) in [5.41, 5.74) is 9.04. The van der Waals surface area contributed by atoms with E-state index in [0.717, 1.165) is 37.3 Å². The molecular formula is C16H21N5O. The lowest BCUT2D eigenvalue weighted by molar-refractivity contribution is 0.230. The zero-order valence-corrected chi connectivity index (χ0v) is 13.0. The normalized spacial score (nSPS) is 14.9. The zero-order chi connectivity index (χ0) is 15.5. The minimum absolute atomic E-state index is 0.143. The van der Waals surface area contributed by atoms with Crippen LogP contribution < -0.4 is 10.5 Å². The standard InChI is InChI=1S/C16H21N5O/c1-11(2)22-15-4-3-12(7-18-15)9-21-6-5-14-13(10-21)8-19-16(17)20-14/h3-4,7-8,11H,5-6,9-10H2,1-2H3,(H2,17,19,20). The monoisotopic (exact) mass is 299 g/mol. The first-order chi connectivity index (χ1) is 10.6. The van der Waals surface area contributed by atoms with E-state index in [-0.39, 0.29) is 6.10 Å². The number of nitrogen functional groups attached to an aromatic ring is 1. The van der Waals surface area contributed by atoms with Crippen LogP contribution in [0.25, 0.3) is 0 Å². The largest absolute Gasteiger partial charge is 0.475 e. The van der Waals surface area contributed by atoms with Gasteiger partial charge in [-0.05, 0) is 19.4 Å². The van der Waals surface area contributed by atoms with E-state index in [2.05, 4.69) is 25.9 Å². The summed E-state index contributed by atoms with van der Waals surface area (Å²) in [4.78, 5) is 15.1. The Hall–Kier alpha value is -2.21. The average Bonchev–Trinajstić information content (AvgIpc) is 2.49. The van der Waals surface area contributed by atoms with Gasteiger partial charge in [0.2, 0.25) is 11.8 Å². The molecule has 0 saturated carbocycles. The Balaban J connectivity index is 1.63. The summed E-state index contributed by atoms with van der Waals surface area (Å²) in [7, 11) is 0. The summed E-state index contributed by atoms with van der Waals surface area (Å²) in [5, 5.41) is 0. The fourth-order valence-electron chi connectivity index (χ4n) is 2.60. The van der Waals surface area contributed by atoms with Crippen LogP contribution in [0.1, 0.15) is 30.7 Å². The molecule has 2 aromatic heterocycles. The van der Waals surface area contributed by atoms with Crippen molar-refractivity contribution in [1.82, 2.24) is 19.9 Å². The molecular weight excluding hydrogens is 278 g/mol. The van der Waals surface area contributed by atoms with Crippen molar-refractivity contribution in [2.45, 2.75) is 39.5 Å². The lowest BCUT2D eigenvalue weighted by Crippen LogP contribution is -2.31. The van der Waals surface area contributed by atoms with Crippen LogP contribution in [0, 0.1) is 0 Å². The van der Waals surface area contributed by atoms with E-state index in [4.69, 9.17) is 10.5 Å². The number of aromatic nitrogens is 3. The van der Waals surface area contributed by atoms with E-state index < -0.39 is 0 Å². The molecule has 1 aliphatic heterocycles. The Kier molecular flexibility index (Phi) is 4.20. The van der Waals surface area contributed by atoms with Crippen LogP contribution in [-0.4, -0.2) is 32.5 Å². The van der Waals surface area contributed by atoms with Gasteiger partial charge in [0.25, 0.3) is 0 Å². The van der Waals surface area contributed by atoms with Gasteiger partial charge in [-0.1, -0.05) is 6.07 Å². The first kappa shape index (κ1) is 14.7. The van der Waals surface area contributed by atoms with E-state index in [1.165, 1.54) is 5.56 Å². The molecule has 0 aliphatic carbocycles. The van der Waals surface area contributed by atoms with E-state index in [0.29, 0.717) is 11.8 Å². The molecule has 0 radical (unpaired) electrons. The molecule has 0 unspecified atom stereocenters. The fraction of sp³-hybridized carbons (Fsp3) is 0.438. The molecule has 2 aromatic rings. The summed E-state index contributed by atoms with van der Waals surface area (Å²) < 4.78 is 5.56. The van der Waals surface area contributed by atoms with Crippen molar-refractivity contribution in [3.8, 4) is 5.88 Å². The highest BCUT2D eigenvalue weighted by Gasteiger charge is 2.18. The smallest absolute Gasteiger partial charge is 0.220 e. The predicted molar refractivity (Wildman–Crippen MR) is 84.3 cm³/mol. The summed E-state index contributed by atoms with van der Waals surface area (Å²) in [6.07, 6.45) is 4.77. The van der Waals surface area contributed by atoms with Crippen molar-refractivity contribution >= 4 is 5.95 Å². The van der Waals surface area contributed by atoms with Crippen molar-refractivity contribution in [3.63, 3.8) is 0 Å². The van der Waals surface area contributed by atoms with E-state index in [9.17, 15) is 0 Å². The Labute approximate surface area is 130 Å². The summed E-state index contributed by atoms with van der Waals surface area (Å²) >= 11 is 0. The van der Waals surface area contributed by atoms with Gasteiger partial charge in [-0.3, -0.25) is 4.90 Å². The van der Waals surface area contributed by atoms with Gasteiger partial charge in [-0.2, -0.15) is 0 Å². The number of ether oxygens (including phenoxy) is 1. The van der Waals surface area contributed by atoms with Crippen molar-refractivity contribution < 1.29 is 4.74 Å². The van der Waals surface area contributed by atoms with E-state index in [1.54, 1.807) is 0 Å². The van der Waals surface area contributed by atoms with Crippen molar-refractivity contribution in [2.75, 3.05) is 12.3 Å². The minimum Gasteiger partial charge on any atom is -0.475 e. The zero-order valence-electron chi connectivity index (χ0n) is 13.0. The molecule has 3 rings (SSSR count). The quantitative estimate of drug-likeness (QED) is 0.927. The van der Waals surface area contributed by atoms with Crippen LogP contribution in [0.4, 0.5) is 5.95 Å². The van der Waals surface area contributed by atoms with Crippen LogP contribution in [0.5, 0.6) is 5.88 Å². The Morgan fingerprint density at radius 1 is 1.27 bits per heavy atom. The Morgan fingerprint density at radius 3 is 2.86 bits per heavy atom. The van der Waals surface area contributed by atoms with Crippen LogP contribution in [-0.2, 0) is 19.5 Å². The number of anilines is 1.